The number of phenolic OH excluding ortho intramolecular Hbond substituents is 2. The summed E-state index contributed by atoms with van der Waals surface area (Å²) in [6.45, 7) is 10.4. The van der Waals surface area contributed by atoms with E-state index in [2.05, 4.69) is 30.6 Å². The Hall–Kier alpha value is -1.75. The Morgan fingerprint density at radius 1 is 1.14 bits per heavy atom. The lowest BCUT2D eigenvalue weighted by Crippen LogP contribution is -2.44. The second-order valence-electron chi connectivity index (χ2n) is 10.5. The lowest BCUT2D eigenvalue weighted by Gasteiger charge is -2.40. The van der Waals surface area contributed by atoms with Gasteiger partial charge in [0.05, 0.1) is 0 Å². The molecule has 0 aromatic heterocycles. The van der Waals surface area contributed by atoms with Crippen molar-refractivity contribution < 1.29 is 15.0 Å². The normalized spacial score (nSPS) is 30.5. The van der Waals surface area contributed by atoms with Crippen LogP contribution in [0.25, 0.3) is 0 Å². The highest BCUT2D eigenvalue weighted by molar-refractivity contribution is 5.79. The maximum absolute atomic E-state index is 13.3. The average Bonchev–Trinajstić information content (AvgIpc) is 2.86. The Kier molecular flexibility index (Phi) is 4.85. The summed E-state index contributed by atoms with van der Waals surface area (Å²) in [5.41, 5.74) is 1.45. The zero-order valence-corrected chi connectivity index (χ0v) is 17.4. The standard InChI is InChI=1S/C23H34N2O3/c1-22(2)11-18-12-23(3,14-22)15-25(18)21(28)16-6-8-24(9-7-16)13-17-4-5-19(26)10-20(17)27/h4-5,10,16,18,26-27H,6-9,11-15H2,1-3H3. The van der Waals surface area contributed by atoms with Gasteiger partial charge in [0.25, 0.3) is 0 Å². The minimum absolute atomic E-state index is 0.0817. The Bertz CT molecular complexity index is 754. The summed E-state index contributed by atoms with van der Waals surface area (Å²) in [7, 11) is 0. The second kappa shape index (κ2) is 6.94. The van der Waals surface area contributed by atoms with Crippen LogP contribution >= 0.6 is 0 Å². The summed E-state index contributed by atoms with van der Waals surface area (Å²) in [5, 5.41) is 19.5. The molecule has 2 N–H and O–H groups in total. The first kappa shape index (κ1) is 19.6. The summed E-state index contributed by atoms with van der Waals surface area (Å²) in [5.74, 6) is 0.728. The Balaban J connectivity index is 1.34. The van der Waals surface area contributed by atoms with E-state index in [0.717, 1.165) is 44.5 Å². The molecule has 2 saturated heterocycles. The van der Waals surface area contributed by atoms with Gasteiger partial charge in [-0.05, 0) is 62.1 Å². The minimum Gasteiger partial charge on any atom is -0.508 e. The third-order valence-electron chi connectivity index (χ3n) is 7.10. The molecule has 2 bridgehead atoms. The van der Waals surface area contributed by atoms with E-state index < -0.39 is 0 Å². The molecule has 2 atom stereocenters. The van der Waals surface area contributed by atoms with Crippen LogP contribution in [0, 0.1) is 16.7 Å². The van der Waals surface area contributed by atoms with Crippen molar-refractivity contribution in [3.63, 3.8) is 0 Å². The van der Waals surface area contributed by atoms with Gasteiger partial charge in [-0.1, -0.05) is 26.8 Å². The number of hydrogen-bond acceptors (Lipinski definition) is 4. The van der Waals surface area contributed by atoms with Crippen LogP contribution < -0.4 is 0 Å². The average molecular weight is 387 g/mol. The molecule has 154 valence electrons. The van der Waals surface area contributed by atoms with E-state index in [0.29, 0.717) is 29.3 Å². The van der Waals surface area contributed by atoms with Gasteiger partial charge in [-0.15, -0.1) is 0 Å². The fourth-order valence-electron chi connectivity index (χ4n) is 6.22. The van der Waals surface area contributed by atoms with Gasteiger partial charge in [0.2, 0.25) is 5.91 Å². The number of benzene rings is 1. The monoisotopic (exact) mass is 386 g/mol. The molecule has 0 spiro atoms. The molecule has 4 rings (SSSR count). The molecule has 28 heavy (non-hydrogen) atoms. The number of likely N-dealkylation sites (tertiary alicyclic amines) is 2. The third-order valence-corrected chi connectivity index (χ3v) is 7.10. The highest BCUT2D eigenvalue weighted by atomic mass is 16.3. The SMILES string of the molecule is CC1(C)CC2CC(C)(CN2C(=O)C2CCN(Cc3ccc(O)cc3O)CC2)C1. The van der Waals surface area contributed by atoms with Crippen molar-refractivity contribution in [1.82, 2.24) is 9.80 Å². The number of aromatic hydroxyl groups is 2. The van der Waals surface area contributed by atoms with E-state index in [-0.39, 0.29) is 17.4 Å². The van der Waals surface area contributed by atoms with Crippen LogP contribution in [0.2, 0.25) is 0 Å². The Morgan fingerprint density at radius 3 is 2.54 bits per heavy atom. The van der Waals surface area contributed by atoms with Crippen molar-refractivity contribution in [1.29, 1.82) is 0 Å². The van der Waals surface area contributed by atoms with E-state index in [9.17, 15) is 15.0 Å². The van der Waals surface area contributed by atoms with Gasteiger partial charge in [-0.3, -0.25) is 9.69 Å². The highest BCUT2D eigenvalue weighted by Crippen LogP contribution is 2.52. The lowest BCUT2D eigenvalue weighted by molar-refractivity contribution is -0.138. The van der Waals surface area contributed by atoms with Gasteiger partial charge < -0.3 is 15.1 Å². The zero-order valence-electron chi connectivity index (χ0n) is 17.4. The molecule has 2 aliphatic heterocycles. The maximum Gasteiger partial charge on any atom is 0.226 e. The third kappa shape index (κ3) is 3.86. The molecular weight excluding hydrogens is 352 g/mol. The molecule has 1 saturated carbocycles. The van der Waals surface area contributed by atoms with Crippen molar-refractivity contribution in [2.75, 3.05) is 19.6 Å². The van der Waals surface area contributed by atoms with Crippen LogP contribution in [0.15, 0.2) is 18.2 Å². The van der Waals surface area contributed by atoms with Crippen LogP contribution in [0.4, 0.5) is 0 Å². The number of rotatable bonds is 3. The van der Waals surface area contributed by atoms with Crippen LogP contribution in [0.3, 0.4) is 0 Å². The van der Waals surface area contributed by atoms with Crippen molar-refractivity contribution in [2.45, 2.75) is 65.5 Å². The first-order chi connectivity index (χ1) is 13.1. The van der Waals surface area contributed by atoms with Crippen LogP contribution in [0.5, 0.6) is 11.5 Å². The number of amides is 1. The van der Waals surface area contributed by atoms with Gasteiger partial charge in [-0.2, -0.15) is 0 Å². The number of fused-ring (bicyclic) bond motifs is 2. The molecule has 1 amide bonds. The topological polar surface area (TPSA) is 64.0 Å². The number of carbonyl (C=O) groups excluding carboxylic acids is 1. The van der Waals surface area contributed by atoms with E-state index in [4.69, 9.17) is 0 Å². The molecule has 2 unspecified atom stereocenters. The molecule has 3 fully saturated rings. The van der Waals surface area contributed by atoms with E-state index in [1.54, 1.807) is 12.1 Å². The summed E-state index contributed by atoms with van der Waals surface area (Å²) < 4.78 is 0. The van der Waals surface area contributed by atoms with E-state index >= 15 is 0 Å². The smallest absolute Gasteiger partial charge is 0.226 e. The summed E-state index contributed by atoms with van der Waals surface area (Å²) in [4.78, 5) is 17.8. The summed E-state index contributed by atoms with van der Waals surface area (Å²) in [6.07, 6.45) is 5.30. The molecule has 0 radical (unpaired) electrons. The number of hydrogen-bond donors (Lipinski definition) is 2. The van der Waals surface area contributed by atoms with Crippen molar-refractivity contribution in [2.24, 2.45) is 16.7 Å². The van der Waals surface area contributed by atoms with Crippen LogP contribution in [-0.4, -0.2) is 51.6 Å². The van der Waals surface area contributed by atoms with Crippen molar-refractivity contribution in [3.05, 3.63) is 23.8 Å². The van der Waals surface area contributed by atoms with Crippen LogP contribution in [0.1, 0.15) is 58.4 Å². The lowest BCUT2D eigenvalue weighted by atomic mass is 9.65. The molecule has 2 heterocycles. The molecular formula is C23H34N2O3. The van der Waals surface area contributed by atoms with Gasteiger partial charge in [-0.25, -0.2) is 0 Å². The quantitative estimate of drug-likeness (QED) is 0.831. The maximum atomic E-state index is 13.3. The number of piperidine rings is 1. The van der Waals surface area contributed by atoms with E-state index in [1.807, 2.05) is 0 Å². The minimum atomic E-state index is 0.0817. The Morgan fingerprint density at radius 2 is 1.86 bits per heavy atom. The predicted molar refractivity (Wildman–Crippen MR) is 109 cm³/mol. The predicted octanol–water partition coefficient (Wildman–Crippen LogP) is 3.74. The molecule has 1 aromatic carbocycles. The summed E-state index contributed by atoms with van der Waals surface area (Å²) in [6, 6.07) is 5.19. The fourth-order valence-corrected chi connectivity index (χ4v) is 6.22. The van der Waals surface area contributed by atoms with Crippen molar-refractivity contribution in [3.8, 4) is 11.5 Å². The van der Waals surface area contributed by atoms with Crippen molar-refractivity contribution >= 4 is 5.91 Å². The highest BCUT2D eigenvalue weighted by Gasteiger charge is 2.51. The molecule has 1 aliphatic carbocycles. The summed E-state index contributed by atoms with van der Waals surface area (Å²) >= 11 is 0. The molecule has 3 aliphatic rings. The second-order valence-corrected chi connectivity index (χ2v) is 10.5. The molecule has 1 aromatic rings. The van der Waals surface area contributed by atoms with Gasteiger partial charge >= 0.3 is 0 Å². The molecule has 5 heteroatoms. The number of nitrogens with zero attached hydrogens (tertiary/aromatic N) is 2. The number of carbonyl (C=O) groups is 1. The first-order valence-corrected chi connectivity index (χ1v) is 10.7. The molecule has 5 nitrogen and oxygen atoms in total. The van der Waals surface area contributed by atoms with Crippen LogP contribution in [-0.2, 0) is 11.3 Å². The first-order valence-electron chi connectivity index (χ1n) is 10.7. The zero-order chi connectivity index (χ0) is 20.1. The largest absolute Gasteiger partial charge is 0.508 e. The van der Waals surface area contributed by atoms with Gasteiger partial charge in [0.15, 0.2) is 0 Å². The fraction of sp³-hybridized carbons (Fsp3) is 0.696. The van der Waals surface area contributed by atoms with E-state index in [1.165, 1.54) is 18.9 Å². The van der Waals surface area contributed by atoms with Gasteiger partial charge in [0, 0.05) is 36.7 Å². The van der Waals surface area contributed by atoms with Gasteiger partial charge in [0.1, 0.15) is 11.5 Å². The number of phenols is 2. The Labute approximate surface area is 168 Å².